The second kappa shape index (κ2) is 6.90. The van der Waals surface area contributed by atoms with Crippen LogP contribution in [0, 0.1) is 6.92 Å². The Morgan fingerprint density at radius 2 is 2.25 bits per heavy atom. The molecule has 1 heterocycles. The first-order valence-electron chi connectivity index (χ1n) is 6.29. The number of rotatable bonds is 5. The van der Waals surface area contributed by atoms with Crippen molar-refractivity contribution in [2.24, 2.45) is 0 Å². The molecule has 0 unspecified atom stereocenters. The fourth-order valence-electron chi connectivity index (χ4n) is 1.90. The van der Waals surface area contributed by atoms with Crippen LogP contribution in [0.5, 0.6) is 0 Å². The van der Waals surface area contributed by atoms with Crippen LogP contribution in [0.4, 0.5) is 0 Å². The van der Waals surface area contributed by atoms with Gasteiger partial charge in [-0.2, -0.15) is 5.10 Å². The number of aromatic nitrogens is 2. The zero-order valence-corrected chi connectivity index (χ0v) is 13.4. The van der Waals surface area contributed by atoms with E-state index in [2.05, 4.69) is 31.4 Å². The summed E-state index contributed by atoms with van der Waals surface area (Å²) < 4.78 is 0.796. The number of hydrogen-bond acceptors (Lipinski definition) is 2. The Morgan fingerprint density at radius 3 is 2.90 bits per heavy atom. The molecule has 6 heteroatoms. The number of nitrogens with zero attached hydrogens (tertiary/aromatic N) is 1. The van der Waals surface area contributed by atoms with E-state index in [1.165, 1.54) is 5.56 Å². The van der Waals surface area contributed by atoms with Crippen LogP contribution in [0.1, 0.15) is 28.0 Å². The standard InChI is InChI=1S/C14H15BrClN3O/c1-9-10(8-18-19-9)3-2-4-17-14(20)11-5-12(15)7-13(16)6-11/h5-8H,2-4H2,1H3,(H,17,20)(H,18,19). The number of aromatic amines is 1. The number of nitrogens with one attached hydrogen (secondary N) is 2. The summed E-state index contributed by atoms with van der Waals surface area (Å²) >= 11 is 9.24. The van der Waals surface area contributed by atoms with Gasteiger partial charge in [-0.25, -0.2) is 0 Å². The van der Waals surface area contributed by atoms with Crippen LogP contribution >= 0.6 is 27.5 Å². The largest absolute Gasteiger partial charge is 0.352 e. The SMILES string of the molecule is Cc1[nH]ncc1CCCNC(=O)c1cc(Cl)cc(Br)c1. The summed E-state index contributed by atoms with van der Waals surface area (Å²) in [6, 6.07) is 5.16. The average molecular weight is 357 g/mol. The molecule has 1 amide bonds. The lowest BCUT2D eigenvalue weighted by Crippen LogP contribution is -2.24. The number of aryl methyl sites for hydroxylation is 2. The van der Waals surface area contributed by atoms with Crippen molar-refractivity contribution in [3.05, 3.63) is 50.7 Å². The highest BCUT2D eigenvalue weighted by atomic mass is 79.9. The monoisotopic (exact) mass is 355 g/mol. The van der Waals surface area contributed by atoms with Crippen molar-refractivity contribution in [3.63, 3.8) is 0 Å². The van der Waals surface area contributed by atoms with Gasteiger partial charge >= 0.3 is 0 Å². The zero-order valence-electron chi connectivity index (χ0n) is 11.0. The van der Waals surface area contributed by atoms with E-state index in [1.54, 1.807) is 18.2 Å². The number of carbonyl (C=O) groups is 1. The van der Waals surface area contributed by atoms with E-state index < -0.39 is 0 Å². The molecule has 4 nitrogen and oxygen atoms in total. The van der Waals surface area contributed by atoms with Crippen molar-refractivity contribution in [1.82, 2.24) is 15.5 Å². The van der Waals surface area contributed by atoms with E-state index in [0.717, 1.165) is 23.0 Å². The van der Waals surface area contributed by atoms with Gasteiger partial charge in [0.15, 0.2) is 0 Å². The van der Waals surface area contributed by atoms with Crippen molar-refractivity contribution in [3.8, 4) is 0 Å². The van der Waals surface area contributed by atoms with Gasteiger partial charge in [0.2, 0.25) is 0 Å². The van der Waals surface area contributed by atoms with Crippen LogP contribution in [-0.4, -0.2) is 22.6 Å². The van der Waals surface area contributed by atoms with E-state index in [9.17, 15) is 4.79 Å². The topological polar surface area (TPSA) is 57.8 Å². The number of halogens is 2. The lowest BCUT2D eigenvalue weighted by molar-refractivity contribution is 0.0953. The Bertz CT molecular complexity index is 592. The lowest BCUT2D eigenvalue weighted by atomic mass is 10.1. The normalized spacial score (nSPS) is 10.6. The van der Waals surface area contributed by atoms with Crippen LogP contribution in [0.2, 0.25) is 5.02 Å². The Balaban J connectivity index is 1.82. The van der Waals surface area contributed by atoms with Gasteiger partial charge in [0.05, 0.1) is 6.20 Å². The molecule has 0 aliphatic carbocycles. The maximum Gasteiger partial charge on any atom is 0.251 e. The molecule has 0 saturated carbocycles. The molecule has 0 bridgehead atoms. The van der Waals surface area contributed by atoms with Gasteiger partial charge in [0, 0.05) is 27.3 Å². The van der Waals surface area contributed by atoms with Crippen molar-refractivity contribution in [2.45, 2.75) is 19.8 Å². The first-order chi connectivity index (χ1) is 9.56. The van der Waals surface area contributed by atoms with Gasteiger partial charge < -0.3 is 5.32 Å². The number of amides is 1. The van der Waals surface area contributed by atoms with Crippen LogP contribution in [0.15, 0.2) is 28.9 Å². The van der Waals surface area contributed by atoms with E-state index >= 15 is 0 Å². The smallest absolute Gasteiger partial charge is 0.251 e. The molecule has 0 fully saturated rings. The molecule has 0 radical (unpaired) electrons. The minimum Gasteiger partial charge on any atom is -0.352 e. The highest BCUT2D eigenvalue weighted by Crippen LogP contribution is 2.19. The Morgan fingerprint density at radius 1 is 1.45 bits per heavy atom. The van der Waals surface area contributed by atoms with Gasteiger partial charge in [0.25, 0.3) is 5.91 Å². The molecule has 2 rings (SSSR count). The van der Waals surface area contributed by atoms with Gasteiger partial charge in [-0.15, -0.1) is 0 Å². The van der Waals surface area contributed by atoms with Gasteiger partial charge in [0.1, 0.15) is 0 Å². The summed E-state index contributed by atoms with van der Waals surface area (Å²) in [5, 5.41) is 10.3. The molecule has 0 aliphatic heterocycles. The fraction of sp³-hybridized carbons (Fsp3) is 0.286. The van der Waals surface area contributed by atoms with Crippen molar-refractivity contribution in [1.29, 1.82) is 0 Å². The Labute approximate surface area is 131 Å². The third-order valence-corrected chi connectivity index (χ3v) is 3.64. The van der Waals surface area contributed by atoms with Crippen LogP contribution < -0.4 is 5.32 Å². The summed E-state index contributed by atoms with van der Waals surface area (Å²) in [7, 11) is 0. The summed E-state index contributed by atoms with van der Waals surface area (Å²) in [4.78, 5) is 12.0. The molecule has 20 heavy (non-hydrogen) atoms. The van der Waals surface area contributed by atoms with E-state index in [-0.39, 0.29) is 5.91 Å². The molecule has 0 aliphatic rings. The number of carbonyl (C=O) groups excluding carboxylic acids is 1. The summed E-state index contributed by atoms with van der Waals surface area (Å²) in [5.74, 6) is -0.114. The molecule has 0 spiro atoms. The third-order valence-electron chi connectivity index (χ3n) is 2.97. The highest BCUT2D eigenvalue weighted by Gasteiger charge is 2.07. The molecular weight excluding hydrogens is 342 g/mol. The van der Waals surface area contributed by atoms with E-state index in [0.29, 0.717) is 17.1 Å². The van der Waals surface area contributed by atoms with Crippen LogP contribution in [-0.2, 0) is 6.42 Å². The minimum absolute atomic E-state index is 0.114. The van der Waals surface area contributed by atoms with Crippen LogP contribution in [0.3, 0.4) is 0 Å². The summed E-state index contributed by atoms with van der Waals surface area (Å²) in [5.41, 5.74) is 2.82. The Hall–Kier alpha value is -1.33. The first kappa shape index (κ1) is 15.1. The van der Waals surface area contributed by atoms with E-state index in [1.807, 2.05) is 13.1 Å². The molecule has 0 saturated heterocycles. The predicted molar refractivity (Wildman–Crippen MR) is 83.1 cm³/mol. The van der Waals surface area contributed by atoms with Gasteiger partial charge in [-0.1, -0.05) is 27.5 Å². The van der Waals surface area contributed by atoms with Gasteiger partial charge in [-0.3, -0.25) is 9.89 Å². The van der Waals surface area contributed by atoms with Crippen molar-refractivity contribution >= 4 is 33.4 Å². The predicted octanol–water partition coefficient (Wildman–Crippen LogP) is 3.50. The zero-order chi connectivity index (χ0) is 14.5. The number of benzene rings is 1. The first-order valence-corrected chi connectivity index (χ1v) is 7.46. The lowest BCUT2D eigenvalue weighted by Gasteiger charge is -2.06. The average Bonchev–Trinajstić information content (AvgIpc) is 2.79. The molecule has 0 atom stereocenters. The molecule has 106 valence electrons. The molecule has 2 aromatic rings. The van der Waals surface area contributed by atoms with Crippen molar-refractivity contribution in [2.75, 3.05) is 6.54 Å². The van der Waals surface area contributed by atoms with Crippen molar-refractivity contribution < 1.29 is 4.79 Å². The third kappa shape index (κ3) is 4.08. The number of H-pyrrole nitrogens is 1. The maximum absolute atomic E-state index is 12.0. The quantitative estimate of drug-likeness (QED) is 0.806. The Kier molecular flexibility index (Phi) is 5.20. The fourth-order valence-corrected chi connectivity index (χ4v) is 2.76. The second-order valence-electron chi connectivity index (χ2n) is 4.54. The van der Waals surface area contributed by atoms with E-state index in [4.69, 9.17) is 11.6 Å². The molecular formula is C14H15BrClN3O. The molecule has 1 aromatic heterocycles. The second-order valence-corrected chi connectivity index (χ2v) is 5.89. The highest BCUT2D eigenvalue weighted by molar-refractivity contribution is 9.10. The molecule has 2 N–H and O–H groups in total. The van der Waals surface area contributed by atoms with Gasteiger partial charge in [-0.05, 0) is 43.5 Å². The van der Waals surface area contributed by atoms with Crippen LogP contribution in [0.25, 0.3) is 0 Å². The summed E-state index contributed by atoms with van der Waals surface area (Å²) in [6.45, 7) is 2.61. The maximum atomic E-state index is 12.0. The minimum atomic E-state index is -0.114. The summed E-state index contributed by atoms with van der Waals surface area (Å²) in [6.07, 6.45) is 3.58. The molecule has 1 aromatic carbocycles. The number of hydrogen-bond donors (Lipinski definition) is 2.